The zero-order chi connectivity index (χ0) is 34.4. The number of furan rings is 1. The molecule has 0 amide bonds. The molecule has 0 N–H and O–H groups in total. The number of benzene rings is 4. The second-order valence-electron chi connectivity index (χ2n) is 12.2. The third kappa shape index (κ3) is 6.55. The molecule has 3 heterocycles. The first-order chi connectivity index (χ1) is 23.4. The molecule has 3 aromatic heterocycles. The standard InChI is InChI=1S/C27H20NO.C14H16NSi.Ir/c1-2-7-18(8-3-1)20-13-14-22-23-11-6-12-24(27(23)29-25(22)17-20)26-21-10-5-4-9-19(21)15-16-28-26;1-16(2,3)13-9-10-14(15-11-13)12-7-5-4-6-8-12;/h1-3,6-8,11,13-17H,4-5,9-10H2;4-7,9-11H,1-3H3;/q2*-1;/i9D2,10D2;;. The molecular formula is C41H36IrN2OSi-2. The average Bonchev–Trinajstić information content (AvgIpc) is 3.49. The molecule has 4 aromatic carbocycles. The fourth-order valence-corrected chi connectivity index (χ4v) is 6.67. The molecule has 0 saturated carbocycles. The van der Waals surface area contributed by atoms with Crippen LogP contribution in [0, 0.1) is 12.1 Å². The largest absolute Gasteiger partial charge is 0.501 e. The zero-order valence-corrected chi connectivity index (χ0v) is 29.4. The van der Waals surface area contributed by atoms with E-state index < -0.39 is 20.8 Å². The van der Waals surface area contributed by atoms with Crippen molar-refractivity contribution in [3.8, 4) is 33.6 Å². The quantitative estimate of drug-likeness (QED) is 0.132. The van der Waals surface area contributed by atoms with Crippen molar-refractivity contribution in [2.75, 3.05) is 0 Å². The Balaban J connectivity index is 0.000000215. The molecule has 1 aliphatic rings. The molecule has 8 rings (SSSR count). The number of pyridine rings is 2. The van der Waals surface area contributed by atoms with E-state index in [1.807, 2.05) is 66.9 Å². The molecule has 231 valence electrons. The van der Waals surface area contributed by atoms with Crippen LogP contribution in [-0.4, -0.2) is 18.0 Å². The summed E-state index contributed by atoms with van der Waals surface area (Å²) >= 11 is 0. The minimum Gasteiger partial charge on any atom is -0.501 e. The van der Waals surface area contributed by atoms with Crippen LogP contribution >= 0.6 is 0 Å². The number of aryl methyl sites for hydroxylation is 1. The Bertz CT molecular complexity index is 2270. The van der Waals surface area contributed by atoms with Gasteiger partial charge in [0.05, 0.1) is 13.7 Å². The summed E-state index contributed by atoms with van der Waals surface area (Å²) in [5.74, 6) is 0. The maximum atomic E-state index is 8.63. The molecule has 0 aliphatic heterocycles. The van der Waals surface area contributed by atoms with E-state index in [1.165, 1.54) is 5.19 Å². The number of hydrogen-bond donors (Lipinski definition) is 0. The van der Waals surface area contributed by atoms with Gasteiger partial charge in [0.1, 0.15) is 5.58 Å². The Labute approximate surface area is 291 Å². The molecule has 5 heteroatoms. The van der Waals surface area contributed by atoms with Crippen LogP contribution in [0.15, 0.2) is 120 Å². The van der Waals surface area contributed by atoms with Gasteiger partial charge in [0.25, 0.3) is 0 Å². The second kappa shape index (κ2) is 13.7. The van der Waals surface area contributed by atoms with E-state index in [0.29, 0.717) is 28.0 Å². The summed E-state index contributed by atoms with van der Waals surface area (Å²) in [4.78, 5) is 9.03. The monoisotopic (exact) mass is 797 g/mol. The third-order valence-electron chi connectivity index (χ3n) is 8.08. The van der Waals surface area contributed by atoms with Crippen molar-refractivity contribution in [2.24, 2.45) is 0 Å². The normalized spacial score (nSPS) is 16.1. The van der Waals surface area contributed by atoms with Gasteiger partial charge in [-0.1, -0.05) is 96.3 Å². The van der Waals surface area contributed by atoms with Gasteiger partial charge in [-0.15, -0.1) is 54.1 Å². The van der Waals surface area contributed by atoms with E-state index in [-0.39, 0.29) is 32.9 Å². The SMILES string of the molecule is C[Si](C)(C)c1ccc(-c2[c-]cccc2)nc1.[2H]C1([2H])CCC([2H])([2H])c2c1ccnc2-c1[c-]ccc2c1oc1cc(-c3ccccc3)ccc12.[Ir]. The van der Waals surface area contributed by atoms with Crippen molar-refractivity contribution in [3.05, 3.63) is 139 Å². The predicted molar refractivity (Wildman–Crippen MR) is 189 cm³/mol. The molecule has 7 aromatic rings. The van der Waals surface area contributed by atoms with Crippen LogP contribution in [0.4, 0.5) is 0 Å². The second-order valence-corrected chi connectivity index (χ2v) is 17.2. The zero-order valence-electron chi connectivity index (χ0n) is 30.0. The maximum Gasteiger partial charge on any atom is 0.121 e. The summed E-state index contributed by atoms with van der Waals surface area (Å²) in [5, 5.41) is 3.26. The summed E-state index contributed by atoms with van der Waals surface area (Å²) in [5.41, 5.74) is 7.14. The van der Waals surface area contributed by atoms with Crippen LogP contribution in [0.2, 0.25) is 19.6 Å². The molecule has 3 nitrogen and oxygen atoms in total. The smallest absolute Gasteiger partial charge is 0.121 e. The van der Waals surface area contributed by atoms with Crippen molar-refractivity contribution >= 4 is 35.2 Å². The van der Waals surface area contributed by atoms with Gasteiger partial charge in [-0.3, -0.25) is 0 Å². The van der Waals surface area contributed by atoms with Crippen LogP contribution in [0.25, 0.3) is 55.6 Å². The van der Waals surface area contributed by atoms with E-state index in [0.717, 1.165) is 38.7 Å². The first-order valence-electron chi connectivity index (χ1n) is 17.3. The van der Waals surface area contributed by atoms with E-state index in [1.54, 1.807) is 18.3 Å². The fraction of sp³-hybridized carbons (Fsp3) is 0.171. The first kappa shape index (κ1) is 27.0. The molecule has 0 spiro atoms. The van der Waals surface area contributed by atoms with Gasteiger partial charge in [0.15, 0.2) is 0 Å². The Hall–Kier alpha value is -4.15. The number of nitrogens with zero attached hydrogens (tertiary/aromatic N) is 2. The van der Waals surface area contributed by atoms with Crippen molar-refractivity contribution < 1.29 is 30.0 Å². The molecule has 0 bridgehead atoms. The van der Waals surface area contributed by atoms with Crippen molar-refractivity contribution in [2.45, 2.75) is 45.2 Å². The summed E-state index contributed by atoms with van der Waals surface area (Å²) < 4.78 is 40.5. The molecular weight excluding hydrogens is 757 g/mol. The van der Waals surface area contributed by atoms with Crippen LogP contribution < -0.4 is 5.19 Å². The summed E-state index contributed by atoms with van der Waals surface area (Å²) in [6, 6.07) is 40.2. The first-order valence-corrected chi connectivity index (χ1v) is 18.8. The maximum absolute atomic E-state index is 8.63. The van der Waals surface area contributed by atoms with Gasteiger partial charge in [-0.25, -0.2) is 0 Å². The Kier molecular flexibility index (Phi) is 8.03. The van der Waals surface area contributed by atoms with E-state index in [2.05, 4.69) is 72.1 Å². The number of fused-ring (bicyclic) bond motifs is 4. The number of rotatable bonds is 4. The fourth-order valence-electron chi connectivity index (χ4n) is 5.64. The molecule has 0 atom stereocenters. The summed E-state index contributed by atoms with van der Waals surface area (Å²) in [7, 11) is -1.23. The summed E-state index contributed by atoms with van der Waals surface area (Å²) in [6.45, 7) is 7.00. The van der Waals surface area contributed by atoms with E-state index in [4.69, 9.17) is 9.90 Å². The van der Waals surface area contributed by atoms with E-state index >= 15 is 0 Å². The van der Waals surface area contributed by atoms with Gasteiger partial charge in [0.2, 0.25) is 0 Å². The topological polar surface area (TPSA) is 38.9 Å². The van der Waals surface area contributed by atoms with Gasteiger partial charge in [-0.05, 0) is 65.4 Å². The third-order valence-corrected chi connectivity index (χ3v) is 10.1. The minimum absolute atomic E-state index is 0. The molecule has 1 aliphatic carbocycles. The molecule has 46 heavy (non-hydrogen) atoms. The summed E-state index contributed by atoms with van der Waals surface area (Å²) in [6.07, 6.45) is 0.510. The Morgan fingerprint density at radius 2 is 1.59 bits per heavy atom. The van der Waals surface area contributed by atoms with Gasteiger partial charge in [-0.2, -0.15) is 0 Å². The molecule has 0 saturated heterocycles. The number of hydrogen-bond acceptors (Lipinski definition) is 3. The number of aromatic nitrogens is 2. The van der Waals surface area contributed by atoms with Gasteiger partial charge in [0, 0.05) is 43.4 Å². The average molecular weight is 797 g/mol. The molecule has 0 fully saturated rings. The van der Waals surface area contributed by atoms with Crippen molar-refractivity contribution in [3.63, 3.8) is 0 Å². The van der Waals surface area contributed by atoms with Gasteiger partial charge >= 0.3 is 0 Å². The Morgan fingerprint density at radius 3 is 2.35 bits per heavy atom. The van der Waals surface area contributed by atoms with Crippen molar-refractivity contribution in [1.82, 2.24) is 9.97 Å². The van der Waals surface area contributed by atoms with Crippen molar-refractivity contribution in [1.29, 1.82) is 0 Å². The predicted octanol–water partition coefficient (Wildman–Crippen LogP) is 10.1. The Morgan fingerprint density at radius 1 is 0.761 bits per heavy atom. The van der Waals surface area contributed by atoms with Crippen LogP contribution in [0.5, 0.6) is 0 Å². The molecule has 0 unspecified atom stereocenters. The minimum atomic E-state index is -1.69. The van der Waals surface area contributed by atoms with Crippen LogP contribution in [0.3, 0.4) is 0 Å². The van der Waals surface area contributed by atoms with Crippen LogP contribution in [0.1, 0.15) is 29.5 Å². The van der Waals surface area contributed by atoms with E-state index in [9.17, 15) is 0 Å². The van der Waals surface area contributed by atoms with Crippen LogP contribution in [-0.2, 0) is 32.9 Å². The molecule has 1 radical (unpaired) electrons. The van der Waals surface area contributed by atoms with Gasteiger partial charge < -0.3 is 14.4 Å².